The number of carboxylic acids is 1. The standard InChI is InChI=1S/C29H49NO24/c1-7(35)30-13-8(36)2-29(28(46)47,53-22(13)14(38)9(37)3-31)54-24-16(40)11(5-33)50-27(20(24)44)52-23-15(39)10(4-32)49-26(19(23)43)51-21-12(6-34)48-25(45)18(42)17(21)41/h8-27,31-34,36-45H,2-6H2,1H3,(H,30,35)(H,46,47)/t8-,9+,10+,11+,12+,13+,14+,15-,16-,17+,18+,19+,20+,21+,22+,23-,24-,25?,26-,27-,29-/m0/s1. The Morgan fingerprint density at radius 3 is 1.74 bits per heavy atom. The van der Waals surface area contributed by atoms with E-state index in [9.17, 15) is 86.2 Å². The third-order valence-corrected chi connectivity index (χ3v) is 9.58. The summed E-state index contributed by atoms with van der Waals surface area (Å²) in [6, 6.07) is -1.60. The maximum absolute atomic E-state index is 12.7. The van der Waals surface area contributed by atoms with Crippen molar-refractivity contribution in [2.45, 2.75) is 142 Å². The molecule has 25 nitrogen and oxygen atoms in total. The first-order chi connectivity index (χ1) is 25.4. The van der Waals surface area contributed by atoms with Gasteiger partial charge < -0.3 is 115 Å². The van der Waals surface area contributed by atoms with Crippen LogP contribution < -0.4 is 5.32 Å². The second kappa shape index (κ2) is 18.6. The van der Waals surface area contributed by atoms with E-state index in [1.165, 1.54) is 0 Å². The lowest BCUT2D eigenvalue weighted by Crippen LogP contribution is -2.71. The van der Waals surface area contributed by atoms with E-state index in [1.807, 2.05) is 0 Å². The topological polar surface area (TPSA) is 414 Å². The molecule has 4 aliphatic rings. The average molecular weight is 796 g/mol. The van der Waals surface area contributed by atoms with Gasteiger partial charge in [-0.1, -0.05) is 0 Å². The van der Waals surface area contributed by atoms with Crippen molar-refractivity contribution in [3.8, 4) is 0 Å². The Balaban J connectivity index is 1.62. The van der Waals surface area contributed by atoms with Crippen LogP contribution in [-0.4, -0.2) is 243 Å². The van der Waals surface area contributed by atoms with E-state index in [-0.39, 0.29) is 0 Å². The third kappa shape index (κ3) is 9.12. The molecule has 0 saturated carbocycles. The molecule has 0 aromatic carbocycles. The number of hydrogen-bond acceptors (Lipinski definition) is 23. The second-order valence-electron chi connectivity index (χ2n) is 13.3. The minimum Gasteiger partial charge on any atom is -0.477 e. The lowest BCUT2D eigenvalue weighted by molar-refractivity contribution is -0.393. The predicted molar refractivity (Wildman–Crippen MR) is 163 cm³/mol. The molecule has 4 rings (SSSR count). The molecular formula is C29H49NO24. The van der Waals surface area contributed by atoms with Crippen molar-refractivity contribution in [1.82, 2.24) is 5.32 Å². The molecule has 16 N–H and O–H groups in total. The summed E-state index contributed by atoms with van der Waals surface area (Å²) >= 11 is 0. The number of aliphatic carboxylic acids is 1. The van der Waals surface area contributed by atoms with Crippen LogP contribution in [0.15, 0.2) is 0 Å². The Labute approximate surface area is 305 Å². The summed E-state index contributed by atoms with van der Waals surface area (Å²) in [6.45, 7) is -3.00. The van der Waals surface area contributed by atoms with Gasteiger partial charge in [0, 0.05) is 13.3 Å². The molecule has 314 valence electrons. The van der Waals surface area contributed by atoms with Gasteiger partial charge in [0.2, 0.25) is 5.91 Å². The Morgan fingerprint density at radius 2 is 1.24 bits per heavy atom. The van der Waals surface area contributed by atoms with Crippen LogP contribution in [0.3, 0.4) is 0 Å². The predicted octanol–water partition coefficient (Wildman–Crippen LogP) is -10.4. The molecule has 0 bridgehead atoms. The summed E-state index contributed by atoms with van der Waals surface area (Å²) in [7, 11) is 0. The Kier molecular flexibility index (Phi) is 15.4. The van der Waals surface area contributed by atoms with E-state index >= 15 is 0 Å². The van der Waals surface area contributed by atoms with Crippen molar-refractivity contribution in [2.75, 3.05) is 26.4 Å². The van der Waals surface area contributed by atoms with Gasteiger partial charge in [0.25, 0.3) is 5.79 Å². The molecule has 4 aliphatic heterocycles. The van der Waals surface area contributed by atoms with Crippen LogP contribution in [0.5, 0.6) is 0 Å². The van der Waals surface area contributed by atoms with Gasteiger partial charge in [-0.2, -0.15) is 0 Å². The molecule has 0 aromatic heterocycles. The van der Waals surface area contributed by atoms with Crippen LogP contribution in [0.2, 0.25) is 0 Å². The number of rotatable bonds is 14. The number of nitrogens with one attached hydrogen (secondary N) is 1. The Morgan fingerprint density at radius 1 is 0.722 bits per heavy atom. The maximum atomic E-state index is 12.7. The Hall–Kier alpha value is -1.90. The SMILES string of the molecule is CC(=O)N[C@H]1[C@H]([C@H](O)[C@H](O)CO)O[C@@](O[C@H]2[C@@H](O)[C@@H](CO)O[C@@H](O[C@H]3[C@@H](O)[C@@H](CO)O[C@@H](O[C@H]4[C@H](O)[C@@H](O)C(O)O[C@@H]4CO)[C@@H]3O)[C@@H]2O)(C(=O)O)C[C@@H]1O. The summed E-state index contributed by atoms with van der Waals surface area (Å²) in [6.07, 6.45) is -38.7. The number of amides is 1. The molecule has 4 saturated heterocycles. The van der Waals surface area contributed by atoms with E-state index in [2.05, 4.69) is 5.32 Å². The highest BCUT2D eigenvalue weighted by atomic mass is 16.8. The van der Waals surface area contributed by atoms with E-state index < -0.39 is 173 Å². The molecule has 21 atom stereocenters. The fourth-order valence-electron chi connectivity index (χ4n) is 6.64. The van der Waals surface area contributed by atoms with Crippen LogP contribution in [-0.2, 0) is 42.7 Å². The first kappa shape index (κ1) is 44.8. The molecule has 0 aliphatic carbocycles. The van der Waals surface area contributed by atoms with Gasteiger partial charge in [0.05, 0.1) is 38.6 Å². The zero-order valence-electron chi connectivity index (χ0n) is 28.5. The van der Waals surface area contributed by atoms with Crippen molar-refractivity contribution in [3.05, 3.63) is 0 Å². The van der Waals surface area contributed by atoms with Gasteiger partial charge in [0.1, 0.15) is 91.6 Å². The van der Waals surface area contributed by atoms with Gasteiger partial charge in [-0.25, -0.2) is 4.79 Å². The first-order valence-corrected chi connectivity index (χ1v) is 16.7. The summed E-state index contributed by atoms with van der Waals surface area (Å²) in [5.74, 6) is -5.94. The largest absolute Gasteiger partial charge is 0.477 e. The normalized spacial score (nSPS) is 47.1. The third-order valence-electron chi connectivity index (χ3n) is 9.58. The van der Waals surface area contributed by atoms with Crippen molar-refractivity contribution in [2.24, 2.45) is 0 Å². The van der Waals surface area contributed by atoms with E-state index in [4.69, 9.17) is 33.2 Å². The van der Waals surface area contributed by atoms with Gasteiger partial charge >= 0.3 is 5.97 Å². The van der Waals surface area contributed by atoms with Crippen LogP contribution in [0.4, 0.5) is 0 Å². The lowest BCUT2D eigenvalue weighted by atomic mass is 9.88. The molecule has 0 aromatic rings. The highest BCUT2D eigenvalue weighted by Crippen LogP contribution is 2.38. The second-order valence-corrected chi connectivity index (χ2v) is 13.3. The number of aliphatic hydroxyl groups excluding tert-OH is 14. The minimum absolute atomic E-state index is 0.787. The van der Waals surface area contributed by atoms with Crippen molar-refractivity contribution >= 4 is 11.9 Å². The molecule has 0 spiro atoms. The monoisotopic (exact) mass is 795 g/mol. The number of hydrogen-bond donors (Lipinski definition) is 16. The van der Waals surface area contributed by atoms with Gasteiger partial charge in [0.15, 0.2) is 18.9 Å². The molecule has 4 fully saturated rings. The van der Waals surface area contributed by atoms with Crippen molar-refractivity contribution in [3.63, 3.8) is 0 Å². The molecule has 1 unspecified atom stereocenters. The Bertz CT molecular complexity index is 1230. The fraction of sp³-hybridized carbons (Fsp3) is 0.931. The van der Waals surface area contributed by atoms with Gasteiger partial charge in [-0.3, -0.25) is 4.79 Å². The number of aliphatic hydroxyl groups is 14. The number of carboxylic acid groups (broad SMARTS) is 1. The molecular weight excluding hydrogens is 746 g/mol. The van der Waals surface area contributed by atoms with E-state index in [1.54, 1.807) is 0 Å². The first-order valence-electron chi connectivity index (χ1n) is 16.7. The number of ether oxygens (including phenoxy) is 7. The van der Waals surface area contributed by atoms with Crippen LogP contribution in [0.25, 0.3) is 0 Å². The lowest BCUT2D eigenvalue weighted by Gasteiger charge is -2.51. The number of carbonyl (C=O) groups excluding carboxylic acids is 1. The maximum Gasteiger partial charge on any atom is 0.364 e. The van der Waals surface area contributed by atoms with Crippen molar-refractivity contribution < 1.29 is 119 Å². The minimum atomic E-state index is -3.12. The quantitative estimate of drug-likeness (QED) is 0.0776. The summed E-state index contributed by atoms with van der Waals surface area (Å²) < 4.78 is 38.2. The number of carbonyl (C=O) groups is 2. The highest BCUT2D eigenvalue weighted by Gasteiger charge is 2.60. The van der Waals surface area contributed by atoms with Crippen LogP contribution in [0.1, 0.15) is 13.3 Å². The zero-order valence-corrected chi connectivity index (χ0v) is 28.5. The van der Waals surface area contributed by atoms with Crippen LogP contribution >= 0.6 is 0 Å². The van der Waals surface area contributed by atoms with E-state index in [0.717, 1.165) is 6.92 Å². The molecule has 4 heterocycles. The summed E-state index contributed by atoms with van der Waals surface area (Å²) in [5.41, 5.74) is 0. The average Bonchev–Trinajstić information content (AvgIpc) is 3.13. The van der Waals surface area contributed by atoms with Gasteiger partial charge in [-0.05, 0) is 0 Å². The highest BCUT2D eigenvalue weighted by molar-refractivity contribution is 5.76. The fourth-order valence-corrected chi connectivity index (χ4v) is 6.64. The van der Waals surface area contributed by atoms with Crippen molar-refractivity contribution in [1.29, 1.82) is 0 Å². The molecule has 0 radical (unpaired) electrons. The molecule has 25 heteroatoms. The smallest absolute Gasteiger partial charge is 0.364 e. The summed E-state index contributed by atoms with van der Waals surface area (Å²) in [5, 5.41) is 158. The molecule has 1 amide bonds. The van der Waals surface area contributed by atoms with E-state index in [0.29, 0.717) is 0 Å². The molecule has 54 heavy (non-hydrogen) atoms. The van der Waals surface area contributed by atoms with Crippen LogP contribution in [0, 0.1) is 0 Å². The zero-order chi connectivity index (χ0) is 40.4. The summed E-state index contributed by atoms with van der Waals surface area (Å²) in [4.78, 5) is 24.6. The van der Waals surface area contributed by atoms with Gasteiger partial charge in [-0.15, -0.1) is 0 Å².